The summed E-state index contributed by atoms with van der Waals surface area (Å²) in [5.74, 6) is 0.983. The van der Waals surface area contributed by atoms with E-state index < -0.39 is 5.91 Å². The first-order valence-electron chi connectivity index (χ1n) is 14.7. The monoisotopic (exact) mass is 668 g/mol. The zero-order valence-corrected chi connectivity index (χ0v) is 27.1. The molecule has 0 aliphatic rings. The van der Waals surface area contributed by atoms with Crippen LogP contribution in [0, 0.1) is 0 Å². The van der Waals surface area contributed by atoms with Gasteiger partial charge < -0.3 is 38.2 Å². The number of pyridine rings is 1. The van der Waals surface area contributed by atoms with Crippen molar-refractivity contribution in [1.29, 1.82) is 0 Å². The Hall–Kier alpha value is -2.36. The quantitative estimate of drug-likeness (QED) is 0.123. The van der Waals surface area contributed by atoms with Crippen molar-refractivity contribution in [2.24, 2.45) is 0 Å². The van der Waals surface area contributed by atoms with Crippen LogP contribution in [0.1, 0.15) is 97.1 Å². The van der Waals surface area contributed by atoms with Crippen molar-refractivity contribution in [2.75, 3.05) is 20.3 Å². The highest BCUT2D eigenvalue weighted by atomic mass is 127. The van der Waals surface area contributed by atoms with Gasteiger partial charge in [-0.15, -0.1) is 0 Å². The molecule has 2 amide bonds. The van der Waals surface area contributed by atoms with Gasteiger partial charge in [0, 0.05) is 31.5 Å². The zero-order chi connectivity index (χ0) is 28.3. The molecule has 0 N–H and O–H groups in total. The van der Waals surface area contributed by atoms with Crippen LogP contribution in [0.5, 0.6) is 17.2 Å². The van der Waals surface area contributed by atoms with Crippen LogP contribution in [0.2, 0.25) is 0 Å². The van der Waals surface area contributed by atoms with Crippen molar-refractivity contribution in [2.45, 2.75) is 104 Å². The molecule has 0 fully saturated rings. The van der Waals surface area contributed by atoms with E-state index in [1.807, 2.05) is 24.4 Å². The molecule has 40 heavy (non-hydrogen) atoms. The summed E-state index contributed by atoms with van der Waals surface area (Å²) in [5, 5.41) is 0. The third-order valence-electron chi connectivity index (χ3n) is 6.75. The smallest absolute Gasteiger partial charge is 0.267 e. The number of hydrogen-bond donors (Lipinski definition) is 0. The first-order valence-corrected chi connectivity index (χ1v) is 14.7. The predicted octanol–water partition coefficient (Wildman–Crippen LogP) is 3.65. The molecule has 1 heterocycles. The van der Waals surface area contributed by atoms with Gasteiger partial charge in [-0.3, -0.25) is 14.5 Å². The topological polar surface area (TPSA) is 69.0 Å². The van der Waals surface area contributed by atoms with E-state index in [1.165, 1.54) is 63.2 Å². The molecule has 1 aromatic carbocycles. The minimum absolute atomic E-state index is 0. The number of nitrogens with zero attached hydrogens (tertiary/aromatic N) is 2. The molecule has 8 heteroatoms. The number of aromatic nitrogens is 1. The lowest BCUT2D eigenvalue weighted by Crippen LogP contribution is -3.00. The van der Waals surface area contributed by atoms with Crippen molar-refractivity contribution < 1.29 is 52.3 Å². The van der Waals surface area contributed by atoms with Crippen LogP contribution in [0.25, 0.3) is 0 Å². The van der Waals surface area contributed by atoms with Crippen LogP contribution in [0.15, 0.2) is 42.6 Å². The summed E-state index contributed by atoms with van der Waals surface area (Å²) in [6.07, 6.45) is 15.7. The fourth-order valence-electron chi connectivity index (χ4n) is 4.50. The molecular formula is C32H49IN2O5. The summed E-state index contributed by atoms with van der Waals surface area (Å²) in [7, 11) is 1.58. The van der Waals surface area contributed by atoms with Gasteiger partial charge >= 0.3 is 0 Å². The fraction of sp³-hybridized carbons (Fsp3) is 0.594. The van der Waals surface area contributed by atoms with Gasteiger partial charge in [-0.1, -0.05) is 77.7 Å². The molecular weight excluding hydrogens is 619 g/mol. The summed E-state index contributed by atoms with van der Waals surface area (Å²) in [4.78, 5) is 26.4. The van der Waals surface area contributed by atoms with Crippen molar-refractivity contribution in [1.82, 2.24) is 4.90 Å². The summed E-state index contributed by atoms with van der Waals surface area (Å²) in [6, 6.07) is 11.1. The number of hydrogen-bond acceptors (Lipinski definition) is 5. The molecule has 1 aromatic heterocycles. The van der Waals surface area contributed by atoms with Crippen molar-refractivity contribution in [3.05, 3.63) is 48.3 Å². The molecule has 0 aliphatic carbocycles. The molecule has 2 rings (SSSR count). The average Bonchev–Trinajstić information content (AvgIpc) is 2.94. The third-order valence-corrected chi connectivity index (χ3v) is 6.75. The Morgan fingerprint density at radius 2 is 1.50 bits per heavy atom. The molecule has 224 valence electrons. The maximum atomic E-state index is 12.9. The van der Waals surface area contributed by atoms with E-state index in [2.05, 4.69) is 18.4 Å². The third kappa shape index (κ3) is 13.3. The van der Waals surface area contributed by atoms with Crippen LogP contribution >= 0.6 is 0 Å². The van der Waals surface area contributed by atoms with Crippen molar-refractivity contribution in [3.8, 4) is 17.2 Å². The Morgan fingerprint density at radius 1 is 0.825 bits per heavy atom. The van der Waals surface area contributed by atoms with Gasteiger partial charge in [-0.05, 0) is 18.6 Å². The minimum Gasteiger partial charge on any atom is -1.00 e. The zero-order valence-electron chi connectivity index (χ0n) is 25.0. The molecule has 0 atom stereocenters. The molecule has 0 unspecified atom stereocenters. The first-order chi connectivity index (χ1) is 19.0. The highest BCUT2D eigenvalue weighted by molar-refractivity contribution is 5.94. The van der Waals surface area contributed by atoms with Crippen LogP contribution < -0.4 is 42.8 Å². The van der Waals surface area contributed by atoms with Crippen LogP contribution in [0.4, 0.5) is 0 Å². The average molecular weight is 669 g/mol. The molecule has 0 spiro atoms. The van der Waals surface area contributed by atoms with E-state index in [1.54, 1.807) is 25.3 Å². The maximum absolute atomic E-state index is 12.9. The number of imide groups is 1. The van der Waals surface area contributed by atoms with E-state index >= 15 is 0 Å². The van der Waals surface area contributed by atoms with E-state index in [0.717, 1.165) is 31.5 Å². The molecule has 0 saturated carbocycles. The van der Waals surface area contributed by atoms with E-state index in [4.69, 9.17) is 14.2 Å². The Labute approximate surface area is 258 Å². The second-order valence-corrected chi connectivity index (χ2v) is 10.0. The maximum Gasteiger partial charge on any atom is 0.267 e. The molecule has 0 aliphatic heterocycles. The normalized spacial score (nSPS) is 10.5. The Balaban J connectivity index is 0.00000800. The number of aryl methyl sites for hydroxylation is 1. The molecule has 2 aromatic rings. The largest absolute Gasteiger partial charge is 1.00 e. The van der Waals surface area contributed by atoms with Crippen molar-refractivity contribution >= 4 is 11.8 Å². The highest BCUT2D eigenvalue weighted by Crippen LogP contribution is 2.31. The molecule has 7 nitrogen and oxygen atoms in total. The number of halogens is 1. The highest BCUT2D eigenvalue weighted by Gasteiger charge is 2.23. The Bertz CT molecular complexity index is 1000. The second kappa shape index (κ2) is 21.4. The fourth-order valence-corrected chi connectivity index (χ4v) is 4.50. The lowest BCUT2D eigenvalue weighted by atomic mass is 10.1. The van der Waals surface area contributed by atoms with Gasteiger partial charge in [0.2, 0.25) is 11.6 Å². The summed E-state index contributed by atoms with van der Waals surface area (Å²) in [6.45, 7) is 7.15. The molecule has 0 radical (unpaired) electrons. The lowest BCUT2D eigenvalue weighted by molar-refractivity contribution is -0.704. The number of amides is 2. The SMILES string of the molecule is CCCCCCCCCCCCOc1ccc(OCC(=O)N(Cc2cccc[n+]2CCC)C(C)=O)cc1OC.[I-]. The van der Waals surface area contributed by atoms with E-state index in [9.17, 15) is 9.59 Å². The van der Waals surface area contributed by atoms with Gasteiger partial charge in [0.1, 0.15) is 18.8 Å². The van der Waals surface area contributed by atoms with Crippen LogP contribution in [-0.4, -0.2) is 37.0 Å². The van der Waals surface area contributed by atoms with Gasteiger partial charge in [0.15, 0.2) is 24.3 Å². The van der Waals surface area contributed by atoms with Crippen LogP contribution in [0.3, 0.4) is 0 Å². The summed E-state index contributed by atoms with van der Waals surface area (Å²) in [5.41, 5.74) is 0.897. The Kier molecular flexibility index (Phi) is 19.1. The van der Waals surface area contributed by atoms with E-state index in [0.29, 0.717) is 23.9 Å². The number of rotatable bonds is 20. The van der Waals surface area contributed by atoms with Gasteiger partial charge in [-0.25, -0.2) is 4.57 Å². The Morgan fingerprint density at radius 3 is 2.12 bits per heavy atom. The summed E-state index contributed by atoms with van der Waals surface area (Å²) < 4.78 is 19.2. The van der Waals surface area contributed by atoms with Crippen molar-refractivity contribution in [3.63, 3.8) is 0 Å². The minimum atomic E-state index is -0.394. The van der Waals surface area contributed by atoms with E-state index in [-0.39, 0.29) is 43.0 Å². The van der Waals surface area contributed by atoms with Crippen LogP contribution in [-0.2, 0) is 22.7 Å². The first kappa shape index (κ1) is 35.7. The number of benzene rings is 1. The number of unbranched alkanes of at least 4 members (excludes halogenated alkanes) is 9. The van der Waals surface area contributed by atoms with Gasteiger partial charge in [0.25, 0.3) is 5.91 Å². The van der Waals surface area contributed by atoms with Gasteiger partial charge in [0.05, 0.1) is 13.7 Å². The lowest BCUT2D eigenvalue weighted by Gasteiger charge is -2.19. The molecule has 0 saturated heterocycles. The predicted molar refractivity (Wildman–Crippen MR) is 154 cm³/mol. The number of methoxy groups -OCH3 is 1. The number of carbonyl (C=O) groups excluding carboxylic acids is 2. The number of carbonyl (C=O) groups is 2. The standard InChI is InChI=1S/C32H49N2O5.HI/c1-5-7-8-9-10-11-12-13-14-17-23-38-30-20-19-29(24-31(30)37-4)39-26-32(36)34(27(3)35)25-28-18-15-16-22-33(28)21-6-2;/h15-16,18-20,22,24H,5-14,17,21,23,25-26H2,1-4H3;1H/q+1;/p-1. The number of ether oxygens (including phenoxy) is 3. The summed E-state index contributed by atoms with van der Waals surface area (Å²) >= 11 is 0. The molecule has 0 bridgehead atoms. The second-order valence-electron chi connectivity index (χ2n) is 10.0. The van der Waals surface area contributed by atoms with Gasteiger partial charge in [-0.2, -0.15) is 0 Å².